The summed E-state index contributed by atoms with van der Waals surface area (Å²) in [5, 5.41) is 9.37. The zero-order valence-electron chi connectivity index (χ0n) is 15.1. The van der Waals surface area contributed by atoms with Crippen molar-refractivity contribution < 1.29 is 14.2 Å². The quantitative estimate of drug-likeness (QED) is 0.855. The Balaban J connectivity index is 2.10. The average Bonchev–Trinajstić information content (AvgIpc) is 3.12. The Kier molecular flexibility index (Phi) is 5.56. The summed E-state index contributed by atoms with van der Waals surface area (Å²) in [4.78, 5) is 19.2. The van der Waals surface area contributed by atoms with Gasteiger partial charge in [0.25, 0.3) is 5.56 Å². The number of aliphatic hydroxyl groups is 1. The van der Waals surface area contributed by atoms with Crippen LogP contribution in [0.25, 0.3) is 11.3 Å². The first-order valence-electron chi connectivity index (χ1n) is 8.97. The van der Waals surface area contributed by atoms with Crippen LogP contribution in [0.3, 0.4) is 0 Å². The summed E-state index contributed by atoms with van der Waals surface area (Å²) in [5.41, 5.74) is 0.842. The van der Waals surface area contributed by atoms with E-state index in [1.54, 1.807) is 16.8 Å². The van der Waals surface area contributed by atoms with Crippen LogP contribution in [0.4, 0.5) is 10.2 Å². The molecule has 3 rings (SSSR count). The van der Waals surface area contributed by atoms with Crippen molar-refractivity contribution in [3.05, 3.63) is 40.6 Å². The number of benzene rings is 1. The Bertz CT molecular complexity index is 837. The highest BCUT2D eigenvalue weighted by molar-refractivity contribution is 5.68. The van der Waals surface area contributed by atoms with E-state index < -0.39 is 0 Å². The molecule has 1 aliphatic rings. The molecule has 0 aliphatic carbocycles. The van der Waals surface area contributed by atoms with E-state index >= 15 is 0 Å². The molecule has 0 saturated carbocycles. The molecule has 6 nitrogen and oxygen atoms in total. The summed E-state index contributed by atoms with van der Waals surface area (Å²) in [5.74, 6) is 0.626. The lowest BCUT2D eigenvalue weighted by Gasteiger charge is -2.19. The van der Waals surface area contributed by atoms with Crippen LogP contribution in [0, 0.1) is 11.7 Å². The summed E-state index contributed by atoms with van der Waals surface area (Å²) in [6.07, 6.45) is 2.46. The molecule has 1 aromatic heterocycles. The average molecular weight is 361 g/mol. The van der Waals surface area contributed by atoms with E-state index in [9.17, 15) is 14.3 Å². The molecule has 0 radical (unpaired) electrons. The SMILES string of the molecule is CCOc1ccc(F)cc1-c1cn(CC)c(=O)c(N2CC[C@@H](CO)C2)n1. The first kappa shape index (κ1) is 18.4. The van der Waals surface area contributed by atoms with Gasteiger partial charge < -0.3 is 19.3 Å². The minimum atomic E-state index is -0.387. The molecule has 26 heavy (non-hydrogen) atoms. The smallest absolute Gasteiger partial charge is 0.293 e. The summed E-state index contributed by atoms with van der Waals surface area (Å²) in [6, 6.07) is 4.30. The third-order valence-electron chi connectivity index (χ3n) is 4.66. The molecular formula is C19H24FN3O3. The predicted molar refractivity (Wildman–Crippen MR) is 98.1 cm³/mol. The van der Waals surface area contributed by atoms with Gasteiger partial charge >= 0.3 is 0 Å². The molecule has 140 valence electrons. The summed E-state index contributed by atoms with van der Waals surface area (Å²) >= 11 is 0. The number of halogens is 1. The lowest BCUT2D eigenvalue weighted by atomic mass is 10.1. The number of anilines is 1. The predicted octanol–water partition coefficient (Wildman–Crippen LogP) is 2.29. The molecule has 1 saturated heterocycles. The van der Waals surface area contributed by atoms with Gasteiger partial charge in [-0.05, 0) is 38.5 Å². The molecule has 0 bridgehead atoms. The van der Waals surface area contributed by atoms with Crippen molar-refractivity contribution >= 4 is 5.82 Å². The maximum Gasteiger partial charge on any atom is 0.293 e. The normalized spacial score (nSPS) is 16.9. The Labute approximate surface area is 151 Å². The fourth-order valence-corrected chi connectivity index (χ4v) is 3.25. The fraction of sp³-hybridized carbons (Fsp3) is 0.474. The van der Waals surface area contributed by atoms with Gasteiger partial charge in [-0.2, -0.15) is 0 Å². The van der Waals surface area contributed by atoms with E-state index in [2.05, 4.69) is 4.98 Å². The number of hydrogen-bond acceptors (Lipinski definition) is 5. The van der Waals surface area contributed by atoms with Gasteiger partial charge in [0.2, 0.25) is 0 Å². The number of aryl methyl sites for hydroxylation is 1. The van der Waals surface area contributed by atoms with Gasteiger partial charge in [-0.15, -0.1) is 0 Å². The number of aromatic nitrogens is 2. The fourth-order valence-electron chi connectivity index (χ4n) is 3.25. The lowest BCUT2D eigenvalue weighted by molar-refractivity contribution is 0.238. The number of hydrogen-bond donors (Lipinski definition) is 1. The molecule has 0 unspecified atom stereocenters. The van der Waals surface area contributed by atoms with Gasteiger partial charge in [-0.25, -0.2) is 9.37 Å². The Morgan fingerprint density at radius 3 is 2.85 bits per heavy atom. The zero-order valence-corrected chi connectivity index (χ0v) is 15.1. The minimum Gasteiger partial charge on any atom is -0.493 e. The van der Waals surface area contributed by atoms with Crippen LogP contribution in [0.15, 0.2) is 29.2 Å². The summed E-state index contributed by atoms with van der Waals surface area (Å²) < 4.78 is 21.0. The molecule has 1 N–H and O–H groups in total. The van der Waals surface area contributed by atoms with Crippen molar-refractivity contribution in [2.75, 3.05) is 31.2 Å². The van der Waals surface area contributed by atoms with E-state index in [0.29, 0.717) is 49.1 Å². The zero-order chi connectivity index (χ0) is 18.7. The maximum absolute atomic E-state index is 13.8. The second-order valence-electron chi connectivity index (χ2n) is 6.40. The number of ether oxygens (including phenoxy) is 1. The topological polar surface area (TPSA) is 67.6 Å². The van der Waals surface area contributed by atoms with Crippen molar-refractivity contribution in [2.24, 2.45) is 5.92 Å². The molecule has 2 aromatic rings. The van der Waals surface area contributed by atoms with E-state index in [1.807, 2.05) is 18.7 Å². The number of nitrogens with zero attached hydrogens (tertiary/aromatic N) is 3. The van der Waals surface area contributed by atoms with Gasteiger partial charge in [0.15, 0.2) is 5.82 Å². The molecule has 1 aliphatic heterocycles. The number of rotatable bonds is 6. The van der Waals surface area contributed by atoms with Crippen LogP contribution in [0.2, 0.25) is 0 Å². The van der Waals surface area contributed by atoms with E-state index in [4.69, 9.17) is 4.74 Å². The van der Waals surface area contributed by atoms with Crippen LogP contribution in [-0.2, 0) is 6.54 Å². The van der Waals surface area contributed by atoms with Gasteiger partial charge in [-0.1, -0.05) is 0 Å². The van der Waals surface area contributed by atoms with Crippen molar-refractivity contribution in [1.82, 2.24) is 9.55 Å². The van der Waals surface area contributed by atoms with Gasteiger partial charge in [0.1, 0.15) is 11.6 Å². The Hall–Kier alpha value is -2.41. The molecule has 1 atom stereocenters. The second-order valence-corrected chi connectivity index (χ2v) is 6.40. The minimum absolute atomic E-state index is 0.0938. The van der Waals surface area contributed by atoms with E-state index in [0.717, 1.165) is 6.42 Å². The van der Waals surface area contributed by atoms with E-state index in [-0.39, 0.29) is 23.9 Å². The summed E-state index contributed by atoms with van der Waals surface area (Å²) in [7, 11) is 0. The van der Waals surface area contributed by atoms with Crippen LogP contribution < -0.4 is 15.2 Å². The Morgan fingerprint density at radius 2 is 2.19 bits per heavy atom. The Morgan fingerprint density at radius 1 is 1.38 bits per heavy atom. The third-order valence-corrected chi connectivity index (χ3v) is 4.66. The molecule has 0 amide bonds. The van der Waals surface area contributed by atoms with Crippen molar-refractivity contribution in [3.63, 3.8) is 0 Å². The highest BCUT2D eigenvalue weighted by Crippen LogP contribution is 2.31. The van der Waals surface area contributed by atoms with Gasteiger partial charge in [0, 0.05) is 43.9 Å². The highest BCUT2D eigenvalue weighted by Gasteiger charge is 2.26. The largest absolute Gasteiger partial charge is 0.493 e. The van der Waals surface area contributed by atoms with Crippen LogP contribution in [-0.4, -0.2) is 41.0 Å². The van der Waals surface area contributed by atoms with Crippen molar-refractivity contribution in [2.45, 2.75) is 26.8 Å². The van der Waals surface area contributed by atoms with E-state index in [1.165, 1.54) is 12.1 Å². The standard InChI is InChI=1S/C19H24FN3O3/c1-3-22-11-16(15-9-14(20)5-6-17(15)26-4-2)21-18(19(22)25)23-8-7-13(10-23)12-24/h5-6,9,11,13,24H,3-4,7-8,10,12H2,1-2H3/t13-/m1/s1. The van der Waals surface area contributed by atoms with Crippen LogP contribution in [0.5, 0.6) is 5.75 Å². The maximum atomic E-state index is 13.8. The molecule has 0 spiro atoms. The highest BCUT2D eigenvalue weighted by atomic mass is 19.1. The molecule has 2 heterocycles. The summed E-state index contributed by atoms with van der Waals surface area (Å²) in [6.45, 7) is 6.02. The van der Waals surface area contributed by atoms with Gasteiger partial charge in [-0.3, -0.25) is 4.79 Å². The monoisotopic (exact) mass is 361 g/mol. The second kappa shape index (κ2) is 7.86. The molecule has 7 heteroatoms. The van der Waals surface area contributed by atoms with Crippen molar-refractivity contribution in [1.29, 1.82) is 0 Å². The molecule has 1 fully saturated rings. The van der Waals surface area contributed by atoms with Crippen LogP contribution in [0.1, 0.15) is 20.3 Å². The number of aliphatic hydroxyl groups excluding tert-OH is 1. The van der Waals surface area contributed by atoms with Crippen LogP contribution >= 0.6 is 0 Å². The lowest BCUT2D eigenvalue weighted by Crippen LogP contribution is -2.32. The van der Waals surface area contributed by atoms with Gasteiger partial charge in [0.05, 0.1) is 12.3 Å². The third kappa shape index (κ3) is 3.58. The van der Waals surface area contributed by atoms with Crippen molar-refractivity contribution in [3.8, 4) is 17.0 Å². The first-order chi connectivity index (χ1) is 12.6. The first-order valence-corrected chi connectivity index (χ1v) is 8.97. The molecular weight excluding hydrogens is 337 g/mol. The molecule has 1 aromatic carbocycles.